The predicted molar refractivity (Wildman–Crippen MR) is 137 cm³/mol. The summed E-state index contributed by atoms with van der Waals surface area (Å²) in [6.45, 7) is 0. The summed E-state index contributed by atoms with van der Waals surface area (Å²) >= 11 is 4.50. The van der Waals surface area contributed by atoms with Crippen LogP contribution in [0.5, 0.6) is 11.5 Å². The fourth-order valence-corrected chi connectivity index (χ4v) is 11.9. The van der Waals surface area contributed by atoms with Crippen molar-refractivity contribution in [3.8, 4) is 11.5 Å². The van der Waals surface area contributed by atoms with E-state index in [0.29, 0.717) is 0 Å². The average Bonchev–Trinajstić information content (AvgIpc) is 2.86. The van der Waals surface area contributed by atoms with Crippen LogP contribution in [-0.2, 0) is 6.16 Å². The van der Waals surface area contributed by atoms with Crippen LogP contribution in [0, 0.1) is 0 Å². The SMILES string of the molecule is COc1cccc(OC)c1CP(Br)(c1ccccc1)(c1ccccc1)c1ccccc1. The number of ether oxygens (including phenoxy) is 2. The number of rotatable bonds is 7. The molecule has 0 fully saturated rings. The Balaban J connectivity index is 2.13. The van der Waals surface area contributed by atoms with Gasteiger partial charge in [0, 0.05) is 0 Å². The molecular weight excluding hydrogens is 467 g/mol. The van der Waals surface area contributed by atoms with E-state index in [1.54, 1.807) is 14.2 Å². The predicted octanol–water partition coefficient (Wildman–Crippen LogP) is 6.04. The summed E-state index contributed by atoms with van der Waals surface area (Å²) in [4.78, 5) is 0. The zero-order chi connectivity index (χ0) is 21.8. The van der Waals surface area contributed by atoms with Crippen LogP contribution >= 0.6 is 20.8 Å². The Bertz CT molecular complexity index is 1030. The summed E-state index contributed by atoms with van der Waals surface area (Å²) in [5, 5.41) is 0.660. The summed E-state index contributed by atoms with van der Waals surface area (Å²) in [7, 11) is 3.43. The topological polar surface area (TPSA) is 18.5 Å². The molecule has 158 valence electrons. The van der Waals surface area contributed by atoms with E-state index in [0.717, 1.165) is 23.2 Å². The third-order valence-electron chi connectivity index (χ3n) is 5.87. The van der Waals surface area contributed by atoms with Crippen LogP contribution in [0.3, 0.4) is 0 Å². The van der Waals surface area contributed by atoms with Gasteiger partial charge in [-0.25, -0.2) is 0 Å². The van der Waals surface area contributed by atoms with E-state index in [1.165, 1.54) is 15.9 Å². The molecule has 4 aromatic rings. The molecule has 0 atom stereocenters. The second kappa shape index (κ2) is 8.86. The molecule has 0 amide bonds. The van der Waals surface area contributed by atoms with Crippen LogP contribution in [-0.4, -0.2) is 14.2 Å². The summed E-state index contributed by atoms with van der Waals surface area (Å²) in [5.74, 6) is 1.66. The summed E-state index contributed by atoms with van der Waals surface area (Å²) in [6, 6.07) is 38.3. The van der Waals surface area contributed by atoms with Gasteiger partial charge in [-0.15, -0.1) is 0 Å². The Kier molecular flexibility index (Phi) is 6.18. The maximum absolute atomic E-state index is 5.81. The number of methoxy groups -OCH3 is 2. The van der Waals surface area contributed by atoms with Gasteiger partial charge in [0.25, 0.3) is 0 Å². The molecule has 0 radical (unpaired) electrons. The van der Waals surface area contributed by atoms with Gasteiger partial charge in [-0.1, -0.05) is 0 Å². The van der Waals surface area contributed by atoms with Gasteiger partial charge in [0.2, 0.25) is 0 Å². The zero-order valence-corrected chi connectivity index (χ0v) is 20.2. The maximum atomic E-state index is 5.81. The van der Waals surface area contributed by atoms with Gasteiger partial charge in [0.05, 0.1) is 0 Å². The van der Waals surface area contributed by atoms with Crippen LogP contribution in [0.1, 0.15) is 5.56 Å². The molecule has 0 aliphatic rings. The van der Waals surface area contributed by atoms with Crippen molar-refractivity contribution in [2.45, 2.75) is 6.16 Å². The third kappa shape index (κ3) is 3.67. The summed E-state index contributed by atoms with van der Waals surface area (Å²) in [5.41, 5.74) is 1.05. The quantitative estimate of drug-likeness (QED) is 0.292. The molecule has 0 aromatic heterocycles. The van der Waals surface area contributed by atoms with E-state index in [9.17, 15) is 0 Å². The molecule has 0 saturated heterocycles. The molecule has 0 aliphatic carbocycles. The molecule has 0 spiro atoms. The second-order valence-corrected chi connectivity index (χ2v) is 16.4. The number of benzene rings is 4. The van der Waals surface area contributed by atoms with Gasteiger partial charge >= 0.3 is 193 Å². The zero-order valence-electron chi connectivity index (χ0n) is 17.7. The Morgan fingerprint density at radius 3 is 1.23 bits per heavy atom. The van der Waals surface area contributed by atoms with Crippen molar-refractivity contribution in [3.05, 3.63) is 115 Å². The molecule has 0 aliphatic heterocycles. The minimum absolute atomic E-state index is 0.719. The van der Waals surface area contributed by atoms with Crippen molar-refractivity contribution in [3.63, 3.8) is 0 Å². The minimum atomic E-state index is -3.13. The van der Waals surface area contributed by atoms with Crippen molar-refractivity contribution in [1.29, 1.82) is 0 Å². The normalized spacial score (nSPS) is 12.5. The van der Waals surface area contributed by atoms with Crippen LogP contribution in [0.4, 0.5) is 0 Å². The first-order valence-electron chi connectivity index (χ1n) is 10.2. The average molecular weight is 493 g/mol. The van der Waals surface area contributed by atoms with Crippen molar-refractivity contribution in [1.82, 2.24) is 0 Å². The number of hydrogen-bond acceptors (Lipinski definition) is 2. The third-order valence-corrected chi connectivity index (χ3v) is 15.3. The first-order chi connectivity index (χ1) is 15.1. The Morgan fingerprint density at radius 1 is 0.548 bits per heavy atom. The molecule has 4 aromatic carbocycles. The summed E-state index contributed by atoms with van der Waals surface area (Å²) < 4.78 is 11.6. The van der Waals surface area contributed by atoms with E-state index < -0.39 is 5.31 Å². The second-order valence-electron chi connectivity index (χ2n) is 7.49. The molecule has 4 heteroatoms. The van der Waals surface area contributed by atoms with Gasteiger partial charge in [0.1, 0.15) is 0 Å². The van der Waals surface area contributed by atoms with Crippen LogP contribution in [0.15, 0.2) is 109 Å². The van der Waals surface area contributed by atoms with Gasteiger partial charge in [0.15, 0.2) is 0 Å². The monoisotopic (exact) mass is 492 g/mol. The molecule has 0 saturated carbocycles. The van der Waals surface area contributed by atoms with E-state index in [2.05, 4.69) is 106 Å². The van der Waals surface area contributed by atoms with Crippen molar-refractivity contribution in [2.24, 2.45) is 0 Å². The molecule has 0 heterocycles. The van der Waals surface area contributed by atoms with Crippen LogP contribution in [0.25, 0.3) is 0 Å². The van der Waals surface area contributed by atoms with Crippen LogP contribution in [0.2, 0.25) is 0 Å². The van der Waals surface area contributed by atoms with Crippen molar-refractivity contribution >= 4 is 36.7 Å². The number of halogens is 1. The Labute approximate surface area is 192 Å². The van der Waals surface area contributed by atoms with Gasteiger partial charge < -0.3 is 0 Å². The molecular formula is C27H26BrO2P. The van der Waals surface area contributed by atoms with E-state index >= 15 is 0 Å². The van der Waals surface area contributed by atoms with Crippen LogP contribution < -0.4 is 25.4 Å². The van der Waals surface area contributed by atoms with Gasteiger partial charge in [-0.2, -0.15) is 0 Å². The molecule has 4 rings (SSSR count). The van der Waals surface area contributed by atoms with Gasteiger partial charge in [-0.3, -0.25) is 0 Å². The van der Waals surface area contributed by atoms with Gasteiger partial charge in [-0.05, 0) is 0 Å². The molecule has 2 nitrogen and oxygen atoms in total. The fourth-order valence-electron chi connectivity index (χ4n) is 4.32. The van der Waals surface area contributed by atoms with E-state index in [4.69, 9.17) is 9.47 Å². The number of hydrogen-bond donors (Lipinski definition) is 0. The van der Waals surface area contributed by atoms with E-state index in [1.807, 2.05) is 18.2 Å². The Hall–Kier alpha value is -2.61. The summed E-state index contributed by atoms with van der Waals surface area (Å²) in [6.07, 6.45) is 0.719. The van der Waals surface area contributed by atoms with Crippen molar-refractivity contribution < 1.29 is 9.47 Å². The Morgan fingerprint density at radius 2 is 0.903 bits per heavy atom. The standard InChI is InChI=1S/C27H26BrO2P/c1-29-26-19-12-20-27(30-2)25(26)21-31(28,22-13-6-3-7-14-22,23-15-8-4-9-16-23)24-17-10-5-11-18-24/h3-20H,21H2,1-2H3. The van der Waals surface area contributed by atoms with Crippen molar-refractivity contribution in [2.75, 3.05) is 14.2 Å². The molecule has 31 heavy (non-hydrogen) atoms. The van der Waals surface area contributed by atoms with E-state index in [-0.39, 0.29) is 0 Å². The molecule has 0 unspecified atom stereocenters. The molecule has 0 N–H and O–H groups in total. The first kappa shape index (κ1) is 21.6. The first-order valence-corrected chi connectivity index (χ1v) is 14.7. The molecule has 0 bridgehead atoms. The fraction of sp³-hybridized carbons (Fsp3) is 0.111.